The smallest absolute Gasteiger partial charge is 0.313 e. The van der Waals surface area contributed by atoms with Crippen LogP contribution in [-0.2, 0) is 28.8 Å². The van der Waals surface area contributed by atoms with Gasteiger partial charge in [0.1, 0.15) is 12.2 Å². The van der Waals surface area contributed by atoms with Crippen LogP contribution < -0.4 is 4.74 Å². The summed E-state index contributed by atoms with van der Waals surface area (Å²) in [5.41, 5.74) is 0. The molecule has 1 aliphatic carbocycles. The van der Waals surface area contributed by atoms with E-state index in [0.29, 0.717) is 6.42 Å². The number of hydrogen-bond donors (Lipinski definition) is 0. The number of carbonyl (C=O) groups excluding carboxylic acids is 1. The van der Waals surface area contributed by atoms with E-state index in [1.54, 1.807) is 0 Å². The Balaban J connectivity index is 1.38. The maximum absolute atomic E-state index is 12.3. The molecule has 0 spiro atoms. The Hall–Kier alpha value is -2.30. The Morgan fingerprint density at radius 2 is 1.93 bits per heavy atom. The third-order valence-electron chi connectivity index (χ3n) is 4.73. The SMILES string of the molecule is CS(=O)(=O)c1nccc(O[C@H]2CO[C@H]3[C@@H]2OC[C@@H]3OC(=O)C2C=CC=CC2)n1. The Morgan fingerprint density at radius 3 is 2.64 bits per heavy atom. The second-order valence-corrected chi connectivity index (χ2v) is 8.74. The third kappa shape index (κ3) is 3.94. The fourth-order valence-electron chi connectivity index (χ4n) is 3.35. The number of allylic oxidation sites excluding steroid dienone is 3. The van der Waals surface area contributed by atoms with Crippen molar-refractivity contribution in [3.63, 3.8) is 0 Å². The second kappa shape index (κ2) is 7.61. The molecule has 1 aromatic heterocycles. The van der Waals surface area contributed by atoms with Crippen LogP contribution in [0, 0.1) is 5.92 Å². The molecular formula is C18H20N2O7S. The molecule has 3 aliphatic rings. The highest BCUT2D eigenvalue weighted by Gasteiger charge is 2.51. The van der Waals surface area contributed by atoms with Gasteiger partial charge in [0, 0.05) is 18.5 Å². The minimum absolute atomic E-state index is 0.118. The second-order valence-electron chi connectivity index (χ2n) is 6.83. The van der Waals surface area contributed by atoms with Crippen molar-refractivity contribution in [3.8, 4) is 5.88 Å². The van der Waals surface area contributed by atoms with Gasteiger partial charge < -0.3 is 18.9 Å². The summed E-state index contributed by atoms with van der Waals surface area (Å²) in [4.78, 5) is 20.0. The summed E-state index contributed by atoms with van der Waals surface area (Å²) in [6.07, 6.45) is 8.53. The van der Waals surface area contributed by atoms with E-state index in [1.165, 1.54) is 12.3 Å². The van der Waals surface area contributed by atoms with Gasteiger partial charge >= 0.3 is 5.97 Å². The molecule has 9 nitrogen and oxygen atoms in total. The highest BCUT2D eigenvalue weighted by molar-refractivity contribution is 7.90. The predicted molar refractivity (Wildman–Crippen MR) is 95.3 cm³/mol. The summed E-state index contributed by atoms with van der Waals surface area (Å²) in [6, 6.07) is 1.47. The minimum Gasteiger partial charge on any atom is -0.469 e. The molecule has 0 amide bonds. The van der Waals surface area contributed by atoms with Crippen molar-refractivity contribution in [1.29, 1.82) is 0 Å². The first-order valence-electron chi connectivity index (χ1n) is 8.88. The van der Waals surface area contributed by atoms with Crippen molar-refractivity contribution in [2.24, 2.45) is 5.92 Å². The van der Waals surface area contributed by atoms with Gasteiger partial charge in [0.2, 0.25) is 20.9 Å². The van der Waals surface area contributed by atoms with Gasteiger partial charge in [0.15, 0.2) is 12.2 Å². The van der Waals surface area contributed by atoms with Crippen LogP contribution in [0.25, 0.3) is 0 Å². The quantitative estimate of drug-likeness (QED) is 0.506. The zero-order chi connectivity index (χ0) is 19.7. The maximum atomic E-state index is 12.3. The number of nitrogens with zero attached hydrogens (tertiary/aromatic N) is 2. The number of rotatable bonds is 5. The van der Waals surface area contributed by atoms with Gasteiger partial charge in [0.05, 0.1) is 19.1 Å². The molecule has 10 heteroatoms. The van der Waals surface area contributed by atoms with Gasteiger partial charge in [-0.1, -0.05) is 24.3 Å². The molecule has 4 rings (SSSR count). The van der Waals surface area contributed by atoms with Gasteiger partial charge in [-0.2, -0.15) is 4.98 Å². The highest BCUT2D eigenvalue weighted by atomic mass is 32.2. The Bertz CT molecular complexity index is 914. The van der Waals surface area contributed by atoms with Crippen LogP contribution >= 0.6 is 0 Å². The third-order valence-corrected chi connectivity index (χ3v) is 5.59. The summed E-state index contributed by atoms with van der Waals surface area (Å²) in [7, 11) is -3.54. The Labute approximate surface area is 162 Å². The number of esters is 1. The fraction of sp³-hybridized carbons (Fsp3) is 0.500. The van der Waals surface area contributed by atoms with Crippen LogP contribution in [0.5, 0.6) is 5.88 Å². The number of fused-ring (bicyclic) bond motifs is 1. The molecule has 5 atom stereocenters. The molecule has 1 aromatic rings. The zero-order valence-corrected chi connectivity index (χ0v) is 15.9. The predicted octanol–water partition coefficient (Wildman–Crippen LogP) is 0.469. The van der Waals surface area contributed by atoms with E-state index in [0.717, 1.165) is 6.26 Å². The molecular weight excluding hydrogens is 388 g/mol. The van der Waals surface area contributed by atoms with Crippen LogP contribution in [0.15, 0.2) is 41.7 Å². The number of ether oxygens (including phenoxy) is 4. The Kier molecular flexibility index (Phi) is 5.17. The van der Waals surface area contributed by atoms with Crippen molar-refractivity contribution in [2.75, 3.05) is 19.5 Å². The summed E-state index contributed by atoms with van der Waals surface area (Å²) < 4.78 is 46.0. The maximum Gasteiger partial charge on any atom is 0.313 e. The van der Waals surface area contributed by atoms with E-state index < -0.39 is 34.3 Å². The standard InChI is InChI=1S/C18H20N2O7S/c1-28(22,23)18-19-8-7-14(20-18)26-12-9-24-16-13(10-25-15(12)16)27-17(21)11-5-3-2-4-6-11/h2-5,7-8,11-13,15-16H,6,9-10H2,1H3/t11?,12-,13-,15+,16+/m0/s1. The molecule has 0 aromatic carbocycles. The van der Waals surface area contributed by atoms with Gasteiger partial charge in [0.25, 0.3) is 0 Å². The summed E-state index contributed by atoms with van der Waals surface area (Å²) in [5.74, 6) is -0.489. The van der Waals surface area contributed by atoms with Crippen LogP contribution in [0.3, 0.4) is 0 Å². The van der Waals surface area contributed by atoms with Gasteiger partial charge in [-0.05, 0) is 6.42 Å². The minimum atomic E-state index is -3.54. The van der Waals surface area contributed by atoms with Crippen LogP contribution in [0.4, 0.5) is 0 Å². The van der Waals surface area contributed by atoms with Crippen molar-refractivity contribution in [2.45, 2.75) is 36.0 Å². The molecule has 1 unspecified atom stereocenters. The molecule has 2 fully saturated rings. The van der Waals surface area contributed by atoms with Crippen LogP contribution in [0.1, 0.15) is 6.42 Å². The molecule has 0 N–H and O–H groups in total. The zero-order valence-electron chi connectivity index (χ0n) is 15.1. The summed E-state index contributed by atoms with van der Waals surface area (Å²) in [6.45, 7) is 0.430. The largest absolute Gasteiger partial charge is 0.469 e. The Morgan fingerprint density at radius 1 is 1.18 bits per heavy atom. The number of hydrogen-bond acceptors (Lipinski definition) is 9. The monoisotopic (exact) mass is 408 g/mol. The molecule has 28 heavy (non-hydrogen) atoms. The molecule has 0 radical (unpaired) electrons. The molecule has 3 heterocycles. The fourth-order valence-corrected chi connectivity index (χ4v) is 3.86. The van der Waals surface area contributed by atoms with Crippen molar-refractivity contribution < 1.29 is 32.2 Å². The topological polar surface area (TPSA) is 114 Å². The lowest BCUT2D eigenvalue weighted by Gasteiger charge is -2.19. The number of sulfone groups is 1. The van der Waals surface area contributed by atoms with E-state index in [2.05, 4.69) is 9.97 Å². The normalized spacial score (nSPS) is 31.5. The van der Waals surface area contributed by atoms with Gasteiger partial charge in [-0.3, -0.25) is 4.79 Å². The van der Waals surface area contributed by atoms with Gasteiger partial charge in [-0.25, -0.2) is 13.4 Å². The number of aromatic nitrogens is 2. The summed E-state index contributed by atoms with van der Waals surface area (Å²) >= 11 is 0. The van der Waals surface area contributed by atoms with E-state index in [-0.39, 0.29) is 36.1 Å². The lowest BCUT2D eigenvalue weighted by atomic mass is 10.0. The van der Waals surface area contributed by atoms with E-state index >= 15 is 0 Å². The molecule has 2 aliphatic heterocycles. The first-order chi connectivity index (χ1) is 13.4. The van der Waals surface area contributed by atoms with Crippen LogP contribution in [-0.4, -0.2) is 68.2 Å². The van der Waals surface area contributed by atoms with Crippen molar-refractivity contribution >= 4 is 15.8 Å². The highest BCUT2D eigenvalue weighted by Crippen LogP contribution is 2.32. The first kappa shape index (κ1) is 19.0. The van der Waals surface area contributed by atoms with Crippen LogP contribution in [0.2, 0.25) is 0 Å². The van der Waals surface area contributed by atoms with Crippen molar-refractivity contribution in [1.82, 2.24) is 9.97 Å². The molecule has 0 saturated carbocycles. The van der Waals surface area contributed by atoms with E-state index in [1.807, 2.05) is 24.3 Å². The van der Waals surface area contributed by atoms with Crippen molar-refractivity contribution in [3.05, 3.63) is 36.6 Å². The van der Waals surface area contributed by atoms with E-state index in [9.17, 15) is 13.2 Å². The average Bonchev–Trinajstić information content (AvgIpc) is 3.26. The lowest BCUT2D eigenvalue weighted by molar-refractivity contribution is -0.157. The first-order valence-corrected chi connectivity index (χ1v) is 10.8. The van der Waals surface area contributed by atoms with E-state index in [4.69, 9.17) is 18.9 Å². The molecule has 0 bridgehead atoms. The molecule has 150 valence electrons. The molecule has 2 saturated heterocycles. The summed E-state index contributed by atoms with van der Waals surface area (Å²) in [5, 5.41) is -0.311. The lowest BCUT2D eigenvalue weighted by Crippen LogP contribution is -2.37. The average molecular weight is 408 g/mol. The van der Waals surface area contributed by atoms with Gasteiger partial charge in [-0.15, -0.1) is 0 Å². The number of carbonyl (C=O) groups is 1.